The van der Waals surface area contributed by atoms with Crippen LogP contribution in [0, 0.1) is 34.0 Å². The van der Waals surface area contributed by atoms with E-state index in [1.807, 2.05) is 19.9 Å². The van der Waals surface area contributed by atoms with Crippen molar-refractivity contribution in [3.63, 3.8) is 0 Å². The SMILES string of the molecule is CC1(C)O[C@@H]2C[C@H]3[C@@H]4CC[C@@]56C=CC(=O)[C@@H]5[C@@]6(C)[C@@]4(F)[C@@H](O)C[C@]3(C)[C@]2(C(=O)CO)O1. The Balaban J connectivity index is 1.47. The van der Waals surface area contributed by atoms with Crippen molar-refractivity contribution in [3.05, 3.63) is 12.2 Å². The number of carbonyl (C=O) groups is 2. The van der Waals surface area contributed by atoms with Gasteiger partial charge in [-0.05, 0) is 57.4 Å². The molecular weight excluding hydrogens is 403 g/mol. The van der Waals surface area contributed by atoms with Crippen molar-refractivity contribution in [1.29, 1.82) is 0 Å². The van der Waals surface area contributed by atoms with E-state index >= 15 is 4.39 Å². The third-order valence-corrected chi connectivity index (χ3v) is 10.6. The van der Waals surface area contributed by atoms with Crippen LogP contribution in [0.5, 0.6) is 0 Å². The Bertz CT molecular complexity index is 946. The van der Waals surface area contributed by atoms with E-state index in [1.54, 1.807) is 19.9 Å². The van der Waals surface area contributed by atoms with Crippen LogP contribution in [0.2, 0.25) is 0 Å². The fourth-order valence-corrected chi connectivity index (χ4v) is 9.50. The van der Waals surface area contributed by atoms with Crippen LogP contribution in [0.15, 0.2) is 12.2 Å². The van der Waals surface area contributed by atoms with Crippen molar-refractivity contribution < 1.29 is 33.7 Å². The van der Waals surface area contributed by atoms with Crippen molar-refractivity contribution in [2.24, 2.45) is 34.0 Å². The molecule has 1 spiro atoms. The third kappa shape index (κ3) is 1.79. The Kier molecular flexibility index (Phi) is 3.51. The first-order chi connectivity index (χ1) is 14.4. The second-order valence-corrected chi connectivity index (χ2v) is 11.7. The first kappa shape index (κ1) is 20.5. The molecule has 6 rings (SSSR count). The number of aliphatic hydroxyl groups is 2. The van der Waals surface area contributed by atoms with Gasteiger partial charge in [-0.15, -0.1) is 0 Å². The molecule has 0 aromatic heterocycles. The van der Waals surface area contributed by atoms with Crippen LogP contribution >= 0.6 is 0 Å². The molecule has 6 aliphatic rings. The van der Waals surface area contributed by atoms with Crippen molar-refractivity contribution in [3.8, 4) is 0 Å². The summed E-state index contributed by atoms with van der Waals surface area (Å²) in [5.74, 6) is -2.68. The number of fused-ring (bicyclic) bond motifs is 7. The summed E-state index contributed by atoms with van der Waals surface area (Å²) in [5, 5.41) is 21.2. The minimum atomic E-state index is -1.92. The second-order valence-electron chi connectivity index (χ2n) is 11.7. The fourth-order valence-electron chi connectivity index (χ4n) is 9.50. The van der Waals surface area contributed by atoms with Crippen molar-refractivity contribution >= 4 is 11.6 Å². The number of hydrogen-bond donors (Lipinski definition) is 2. The van der Waals surface area contributed by atoms with Crippen molar-refractivity contribution in [1.82, 2.24) is 0 Å². The highest BCUT2D eigenvalue weighted by Crippen LogP contribution is 2.86. The van der Waals surface area contributed by atoms with Crippen LogP contribution in [0.1, 0.15) is 53.4 Å². The highest BCUT2D eigenvalue weighted by atomic mass is 19.1. The van der Waals surface area contributed by atoms with Gasteiger partial charge >= 0.3 is 0 Å². The Morgan fingerprint density at radius 2 is 1.97 bits per heavy atom. The van der Waals surface area contributed by atoms with E-state index in [0.29, 0.717) is 19.3 Å². The molecule has 0 unspecified atom stereocenters. The number of aliphatic hydroxyl groups excluding tert-OH is 2. The van der Waals surface area contributed by atoms with Crippen LogP contribution in [-0.4, -0.2) is 57.7 Å². The number of ketones is 2. The number of halogens is 1. The van der Waals surface area contributed by atoms with E-state index in [9.17, 15) is 19.8 Å². The van der Waals surface area contributed by atoms with E-state index in [2.05, 4.69) is 0 Å². The molecule has 2 N–H and O–H groups in total. The van der Waals surface area contributed by atoms with Gasteiger partial charge in [0.1, 0.15) is 12.3 Å². The summed E-state index contributed by atoms with van der Waals surface area (Å²) in [6.45, 7) is 6.51. The number of Topliss-reactive ketones (excluding diaryl/α,β-unsaturated/α-hetero) is 1. The van der Waals surface area contributed by atoms with E-state index < -0.39 is 69.7 Å². The molecule has 0 aromatic carbocycles. The summed E-state index contributed by atoms with van der Waals surface area (Å²) in [7, 11) is 0. The molecule has 10 atom stereocenters. The summed E-state index contributed by atoms with van der Waals surface area (Å²) in [5.41, 5.74) is -5.63. The average molecular weight is 435 g/mol. The standard InChI is InChI=1S/C24H31FO6/c1-19(2)30-17-9-13-12-5-7-22-8-6-14(27)18(22)21(22,4)23(12,25)15(28)10-20(13,3)24(17,31-19)16(29)11-26/h6,8,12-13,15,17-18,26,28H,5,7,9-11H2,1-4H3/t12-,13-,15-,17+,18+,20-,21+,22+,23-,24+/m0/s1. The zero-order valence-corrected chi connectivity index (χ0v) is 18.5. The molecule has 7 heteroatoms. The predicted molar refractivity (Wildman–Crippen MR) is 106 cm³/mol. The molecule has 1 saturated heterocycles. The molecule has 1 heterocycles. The van der Waals surface area contributed by atoms with Gasteiger partial charge in [0.15, 0.2) is 23.0 Å². The molecular formula is C24H31FO6. The normalized spacial score (nSPS) is 60.1. The monoisotopic (exact) mass is 434 g/mol. The van der Waals surface area contributed by atoms with Crippen LogP contribution in [0.25, 0.3) is 0 Å². The molecule has 6 nitrogen and oxygen atoms in total. The summed E-state index contributed by atoms with van der Waals surface area (Å²) < 4.78 is 29.6. The second kappa shape index (κ2) is 5.32. The van der Waals surface area contributed by atoms with Crippen molar-refractivity contribution in [2.45, 2.75) is 82.6 Å². The third-order valence-electron chi connectivity index (χ3n) is 10.6. The van der Waals surface area contributed by atoms with Gasteiger partial charge < -0.3 is 19.7 Å². The quantitative estimate of drug-likeness (QED) is 0.692. The number of ether oxygens (including phenoxy) is 2. The maximum atomic E-state index is 17.2. The molecule has 5 fully saturated rings. The lowest BCUT2D eigenvalue weighted by atomic mass is 9.47. The average Bonchev–Trinajstić information content (AvgIpc) is 2.89. The van der Waals surface area contributed by atoms with E-state index in [1.165, 1.54) is 0 Å². The highest BCUT2D eigenvalue weighted by Gasteiger charge is 2.90. The zero-order valence-electron chi connectivity index (χ0n) is 18.5. The zero-order chi connectivity index (χ0) is 22.4. The molecule has 4 saturated carbocycles. The first-order valence-electron chi connectivity index (χ1n) is 11.5. The maximum Gasteiger partial charge on any atom is 0.193 e. The summed E-state index contributed by atoms with van der Waals surface area (Å²) >= 11 is 0. The van der Waals surface area contributed by atoms with Gasteiger partial charge in [0.05, 0.1) is 12.2 Å². The number of hydrogen-bond acceptors (Lipinski definition) is 6. The number of rotatable bonds is 2. The molecule has 0 amide bonds. The van der Waals surface area contributed by atoms with Gasteiger partial charge in [-0.3, -0.25) is 9.59 Å². The van der Waals surface area contributed by atoms with Gasteiger partial charge in [0.2, 0.25) is 0 Å². The Hall–Kier alpha value is -1.15. The van der Waals surface area contributed by atoms with Gasteiger partial charge in [-0.1, -0.05) is 19.9 Å². The summed E-state index contributed by atoms with van der Waals surface area (Å²) in [6, 6.07) is 0. The summed E-state index contributed by atoms with van der Waals surface area (Å²) in [6.07, 6.45) is 3.23. The van der Waals surface area contributed by atoms with E-state index in [4.69, 9.17) is 9.47 Å². The van der Waals surface area contributed by atoms with Gasteiger partial charge in [0.25, 0.3) is 0 Å². The van der Waals surface area contributed by atoms with E-state index in [-0.39, 0.29) is 18.1 Å². The Morgan fingerprint density at radius 1 is 1.26 bits per heavy atom. The Morgan fingerprint density at radius 3 is 2.65 bits per heavy atom. The van der Waals surface area contributed by atoms with Crippen LogP contribution < -0.4 is 0 Å². The molecule has 1 aliphatic heterocycles. The highest BCUT2D eigenvalue weighted by molar-refractivity contribution is 6.00. The summed E-state index contributed by atoms with van der Waals surface area (Å²) in [4.78, 5) is 25.7. The topological polar surface area (TPSA) is 93.1 Å². The number of alkyl halides is 1. The number of carbonyl (C=O) groups excluding carboxylic acids is 2. The minimum Gasteiger partial charge on any atom is -0.390 e. The lowest BCUT2D eigenvalue weighted by Gasteiger charge is -2.60. The molecule has 0 aromatic rings. The molecule has 170 valence electrons. The predicted octanol–water partition coefficient (Wildman–Crippen LogP) is 2.11. The van der Waals surface area contributed by atoms with Crippen LogP contribution in [-0.2, 0) is 19.1 Å². The van der Waals surface area contributed by atoms with Gasteiger partial charge in [-0.25, -0.2) is 4.39 Å². The minimum absolute atomic E-state index is 0.0304. The molecule has 31 heavy (non-hydrogen) atoms. The van der Waals surface area contributed by atoms with E-state index in [0.717, 1.165) is 0 Å². The molecule has 5 aliphatic carbocycles. The number of allylic oxidation sites excluding steroid dienone is 2. The Labute approximate surface area is 181 Å². The first-order valence-corrected chi connectivity index (χ1v) is 11.5. The van der Waals surface area contributed by atoms with Crippen LogP contribution in [0.4, 0.5) is 4.39 Å². The van der Waals surface area contributed by atoms with Gasteiger partial charge in [0, 0.05) is 22.2 Å². The van der Waals surface area contributed by atoms with Gasteiger partial charge in [-0.2, -0.15) is 0 Å². The smallest absolute Gasteiger partial charge is 0.193 e. The van der Waals surface area contributed by atoms with Crippen LogP contribution in [0.3, 0.4) is 0 Å². The lowest BCUT2D eigenvalue weighted by Crippen LogP contribution is -2.68. The maximum absolute atomic E-state index is 17.2. The largest absolute Gasteiger partial charge is 0.390 e. The molecule has 0 radical (unpaired) electrons. The molecule has 0 bridgehead atoms. The fraction of sp³-hybridized carbons (Fsp3) is 0.833. The lowest BCUT2D eigenvalue weighted by molar-refractivity contribution is -0.248. The van der Waals surface area contributed by atoms with Crippen molar-refractivity contribution in [2.75, 3.05) is 6.61 Å².